The van der Waals surface area contributed by atoms with Crippen LogP contribution in [0.3, 0.4) is 0 Å². The summed E-state index contributed by atoms with van der Waals surface area (Å²) in [5, 5.41) is 1.24. The molecule has 0 saturated heterocycles. The molecule has 0 unspecified atom stereocenters. The van der Waals surface area contributed by atoms with E-state index in [-0.39, 0.29) is 5.54 Å². The molecule has 1 aliphatic rings. The zero-order valence-electron chi connectivity index (χ0n) is 10.2. The zero-order chi connectivity index (χ0) is 11.9. The van der Waals surface area contributed by atoms with Crippen LogP contribution in [0.2, 0.25) is 0 Å². The van der Waals surface area contributed by atoms with Crippen molar-refractivity contribution >= 4 is 10.9 Å². The second-order valence-corrected chi connectivity index (χ2v) is 5.35. The van der Waals surface area contributed by atoms with Crippen LogP contribution in [0.4, 0.5) is 0 Å². The summed E-state index contributed by atoms with van der Waals surface area (Å²) in [6.45, 7) is 2.11. The lowest BCUT2D eigenvalue weighted by atomic mass is 10.0. The van der Waals surface area contributed by atoms with Crippen molar-refractivity contribution in [2.45, 2.75) is 38.1 Å². The van der Waals surface area contributed by atoms with Gasteiger partial charge in [-0.1, -0.05) is 18.2 Å². The zero-order valence-corrected chi connectivity index (χ0v) is 10.2. The Morgan fingerprint density at radius 2 is 2.18 bits per heavy atom. The summed E-state index contributed by atoms with van der Waals surface area (Å²) < 4.78 is 0. The van der Waals surface area contributed by atoms with Gasteiger partial charge < -0.3 is 5.73 Å². The molecule has 2 aromatic rings. The summed E-state index contributed by atoms with van der Waals surface area (Å²) in [6, 6.07) is 8.58. The number of nitrogens with two attached hydrogens (primary N) is 1. The molecule has 1 saturated carbocycles. The number of fused-ring (bicyclic) bond motifs is 1. The average Bonchev–Trinajstić information content (AvgIpc) is 3.06. The van der Waals surface area contributed by atoms with Gasteiger partial charge >= 0.3 is 0 Å². The lowest BCUT2D eigenvalue weighted by Gasteiger charge is -2.09. The number of hydrogen-bond acceptors (Lipinski definition) is 2. The van der Waals surface area contributed by atoms with E-state index in [1.165, 1.54) is 29.4 Å². The minimum absolute atomic E-state index is 0.140. The lowest BCUT2D eigenvalue weighted by molar-refractivity contribution is 0.609. The average molecular weight is 226 g/mol. The molecule has 2 N–H and O–H groups in total. The third-order valence-electron chi connectivity index (χ3n) is 3.77. The number of pyridine rings is 1. The van der Waals surface area contributed by atoms with Crippen molar-refractivity contribution < 1.29 is 0 Å². The predicted octanol–water partition coefficient (Wildman–Crippen LogP) is 2.97. The number of para-hydroxylation sites is 1. The third kappa shape index (κ3) is 2.18. The summed E-state index contributed by atoms with van der Waals surface area (Å²) >= 11 is 0. The summed E-state index contributed by atoms with van der Waals surface area (Å²) in [5.74, 6) is 0. The number of aryl methyl sites for hydroxylation is 2. The molecule has 3 rings (SSSR count). The molecular formula is C15H18N2. The molecule has 1 aromatic heterocycles. The van der Waals surface area contributed by atoms with Gasteiger partial charge in [-0.15, -0.1) is 0 Å². The Hall–Kier alpha value is -1.41. The first kappa shape index (κ1) is 10.7. The van der Waals surface area contributed by atoms with Crippen LogP contribution in [-0.4, -0.2) is 10.5 Å². The van der Waals surface area contributed by atoms with Gasteiger partial charge in [0.25, 0.3) is 0 Å². The highest BCUT2D eigenvalue weighted by Gasteiger charge is 2.37. The largest absolute Gasteiger partial charge is 0.325 e. The topological polar surface area (TPSA) is 38.9 Å². The van der Waals surface area contributed by atoms with Crippen molar-refractivity contribution in [1.29, 1.82) is 0 Å². The highest BCUT2D eigenvalue weighted by Crippen LogP contribution is 2.36. The second-order valence-electron chi connectivity index (χ2n) is 5.35. The van der Waals surface area contributed by atoms with Gasteiger partial charge in [0.2, 0.25) is 0 Å². The maximum Gasteiger partial charge on any atom is 0.0731 e. The molecule has 2 heteroatoms. The summed E-state index contributed by atoms with van der Waals surface area (Å²) in [4.78, 5) is 4.56. The lowest BCUT2D eigenvalue weighted by Crippen LogP contribution is -2.22. The van der Waals surface area contributed by atoms with Gasteiger partial charge in [-0.2, -0.15) is 0 Å². The van der Waals surface area contributed by atoms with E-state index < -0.39 is 0 Å². The fraction of sp³-hybridized carbons (Fsp3) is 0.400. The van der Waals surface area contributed by atoms with Crippen LogP contribution in [0.15, 0.2) is 30.5 Å². The van der Waals surface area contributed by atoms with Gasteiger partial charge in [0.05, 0.1) is 5.52 Å². The first-order valence-electron chi connectivity index (χ1n) is 6.29. The molecular weight excluding hydrogens is 208 g/mol. The Morgan fingerprint density at radius 1 is 1.35 bits per heavy atom. The molecule has 1 aromatic carbocycles. The molecule has 88 valence electrons. The van der Waals surface area contributed by atoms with E-state index in [4.69, 9.17) is 5.73 Å². The fourth-order valence-corrected chi connectivity index (χ4v) is 2.30. The standard InChI is InChI=1S/C15H18N2/c1-11-3-2-4-13-9-12(10-17-14(11)13)5-6-15(16)7-8-15/h2-4,9-10H,5-8,16H2,1H3. The molecule has 1 fully saturated rings. The summed E-state index contributed by atoms with van der Waals surface area (Å²) in [6.07, 6.45) is 6.51. The van der Waals surface area contributed by atoms with E-state index >= 15 is 0 Å². The van der Waals surface area contributed by atoms with E-state index in [0.29, 0.717) is 0 Å². The molecule has 2 nitrogen and oxygen atoms in total. The van der Waals surface area contributed by atoms with Gasteiger partial charge in [0.1, 0.15) is 0 Å². The molecule has 1 aliphatic carbocycles. The minimum atomic E-state index is 0.140. The van der Waals surface area contributed by atoms with Gasteiger partial charge in [0, 0.05) is 17.1 Å². The van der Waals surface area contributed by atoms with Gasteiger partial charge in [-0.25, -0.2) is 0 Å². The number of aromatic nitrogens is 1. The van der Waals surface area contributed by atoms with E-state index in [9.17, 15) is 0 Å². The van der Waals surface area contributed by atoms with Crippen molar-refractivity contribution in [3.63, 3.8) is 0 Å². The molecule has 17 heavy (non-hydrogen) atoms. The van der Waals surface area contributed by atoms with E-state index in [2.05, 4.69) is 36.2 Å². The Balaban J connectivity index is 1.86. The molecule has 0 spiro atoms. The SMILES string of the molecule is Cc1cccc2cc(CCC3(N)CC3)cnc12. The van der Waals surface area contributed by atoms with Crippen LogP contribution >= 0.6 is 0 Å². The van der Waals surface area contributed by atoms with Crippen LogP contribution in [0.25, 0.3) is 10.9 Å². The smallest absolute Gasteiger partial charge is 0.0731 e. The minimum Gasteiger partial charge on any atom is -0.325 e. The fourth-order valence-electron chi connectivity index (χ4n) is 2.30. The monoisotopic (exact) mass is 226 g/mol. The third-order valence-corrected chi connectivity index (χ3v) is 3.77. The Bertz CT molecular complexity index is 556. The van der Waals surface area contributed by atoms with Crippen molar-refractivity contribution in [2.24, 2.45) is 5.73 Å². The Morgan fingerprint density at radius 3 is 2.94 bits per heavy atom. The quantitative estimate of drug-likeness (QED) is 0.874. The molecule has 0 amide bonds. The molecule has 0 radical (unpaired) electrons. The highest BCUT2D eigenvalue weighted by atomic mass is 14.8. The van der Waals surface area contributed by atoms with Crippen molar-refractivity contribution in [1.82, 2.24) is 4.98 Å². The van der Waals surface area contributed by atoms with Crippen LogP contribution < -0.4 is 5.73 Å². The Labute approximate surface area is 102 Å². The summed E-state index contributed by atoms with van der Waals surface area (Å²) in [5.41, 5.74) is 9.91. The number of benzene rings is 1. The van der Waals surface area contributed by atoms with Gasteiger partial charge in [0.15, 0.2) is 0 Å². The summed E-state index contributed by atoms with van der Waals surface area (Å²) in [7, 11) is 0. The highest BCUT2D eigenvalue weighted by molar-refractivity contribution is 5.81. The molecule has 0 aliphatic heterocycles. The van der Waals surface area contributed by atoms with Crippen LogP contribution in [0.5, 0.6) is 0 Å². The second kappa shape index (κ2) is 3.81. The number of hydrogen-bond donors (Lipinski definition) is 1. The molecule has 0 atom stereocenters. The molecule has 1 heterocycles. The van der Waals surface area contributed by atoms with Crippen molar-refractivity contribution in [3.05, 3.63) is 41.6 Å². The van der Waals surface area contributed by atoms with Crippen molar-refractivity contribution in [2.75, 3.05) is 0 Å². The van der Waals surface area contributed by atoms with Gasteiger partial charge in [-0.05, 0) is 49.8 Å². The number of rotatable bonds is 3. The Kier molecular flexibility index (Phi) is 2.40. The predicted molar refractivity (Wildman–Crippen MR) is 71.0 cm³/mol. The maximum atomic E-state index is 6.11. The van der Waals surface area contributed by atoms with Crippen molar-refractivity contribution in [3.8, 4) is 0 Å². The molecule has 0 bridgehead atoms. The first-order chi connectivity index (χ1) is 8.16. The number of nitrogens with zero attached hydrogens (tertiary/aromatic N) is 1. The van der Waals surface area contributed by atoms with Gasteiger partial charge in [-0.3, -0.25) is 4.98 Å². The maximum absolute atomic E-state index is 6.11. The normalized spacial score (nSPS) is 17.3. The van der Waals surface area contributed by atoms with Crippen LogP contribution in [0, 0.1) is 6.92 Å². The first-order valence-corrected chi connectivity index (χ1v) is 6.29. The van der Waals surface area contributed by atoms with E-state index in [0.717, 1.165) is 18.4 Å². The van der Waals surface area contributed by atoms with Crippen LogP contribution in [0.1, 0.15) is 30.4 Å². The van der Waals surface area contributed by atoms with Crippen LogP contribution in [-0.2, 0) is 6.42 Å². The van der Waals surface area contributed by atoms with E-state index in [1.54, 1.807) is 0 Å². The van der Waals surface area contributed by atoms with E-state index in [1.807, 2.05) is 6.20 Å².